The van der Waals surface area contributed by atoms with Crippen LogP contribution in [-0.2, 0) is 10.0 Å². The van der Waals surface area contributed by atoms with Gasteiger partial charge in [0.2, 0.25) is 10.0 Å². The van der Waals surface area contributed by atoms with Crippen molar-refractivity contribution < 1.29 is 22.3 Å². The molecule has 0 aromatic heterocycles. The Bertz CT molecular complexity index is 549. The Morgan fingerprint density at radius 1 is 1.33 bits per heavy atom. The zero-order chi connectivity index (χ0) is 13.5. The highest BCUT2D eigenvalue weighted by molar-refractivity contribution is 9.10. The molecule has 1 aliphatic carbocycles. The molecule has 100 valence electrons. The van der Waals surface area contributed by atoms with Crippen LogP contribution in [0, 0.1) is 11.6 Å². The Morgan fingerprint density at radius 3 is 2.44 bits per heavy atom. The lowest BCUT2D eigenvalue weighted by Gasteiger charge is -2.31. The summed E-state index contributed by atoms with van der Waals surface area (Å²) in [6.45, 7) is 0. The predicted octanol–water partition coefficient (Wildman–Crippen LogP) is 1.53. The molecule has 2 N–H and O–H groups in total. The van der Waals surface area contributed by atoms with Gasteiger partial charge in [-0.15, -0.1) is 0 Å². The smallest absolute Gasteiger partial charge is 0.244 e. The Kier molecular flexibility index (Phi) is 3.72. The highest BCUT2D eigenvalue weighted by Gasteiger charge is 2.33. The van der Waals surface area contributed by atoms with E-state index in [0.717, 1.165) is 6.07 Å². The van der Waals surface area contributed by atoms with E-state index in [9.17, 15) is 17.2 Å². The molecule has 0 unspecified atom stereocenters. The van der Waals surface area contributed by atoms with Crippen molar-refractivity contribution in [2.45, 2.75) is 29.9 Å². The van der Waals surface area contributed by atoms with Crippen LogP contribution in [0.3, 0.4) is 0 Å². The van der Waals surface area contributed by atoms with Crippen molar-refractivity contribution in [3.05, 3.63) is 28.2 Å². The van der Waals surface area contributed by atoms with Crippen molar-refractivity contribution in [2.75, 3.05) is 0 Å². The number of rotatable bonds is 3. The van der Waals surface area contributed by atoms with E-state index in [1.807, 2.05) is 0 Å². The molecule has 0 saturated heterocycles. The molecule has 4 nitrogen and oxygen atoms in total. The maximum absolute atomic E-state index is 13.5. The molecule has 0 aliphatic heterocycles. The zero-order valence-electron chi connectivity index (χ0n) is 9.03. The Morgan fingerprint density at radius 2 is 1.94 bits per heavy atom. The van der Waals surface area contributed by atoms with Gasteiger partial charge >= 0.3 is 0 Å². The summed E-state index contributed by atoms with van der Waals surface area (Å²) in [6, 6.07) is 0.976. The van der Waals surface area contributed by atoms with E-state index in [4.69, 9.17) is 5.11 Å². The lowest BCUT2D eigenvalue weighted by atomic mass is 9.91. The molecule has 0 radical (unpaired) electrons. The van der Waals surface area contributed by atoms with E-state index in [-0.39, 0.29) is 4.47 Å². The molecule has 8 heteroatoms. The van der Waals surface area contributed by atoms with Crippen LogP contribution < -0.4 is 4.72 Å². The first-order valence-corrected chi connectivity index (χ1v) is 7.42. The zero-order valence-corrected chi connectivity index (χ0v) is 11.4. The summed E-state index contributed by atoms with van der Waals surface area (Å²) in [7, 11) is -4.07. The normalized spacial score (nSPS) is 23.8. The molecule has 0 bridgehead atoms. The monoisotopic (exact) mass is 341 g/mol. The molecule has 0 spiro atoms. The van der Waals surface area contributed by atoms with Gasteiger partial charge in [0.1, 0.15) is 16.5 Å². The Labute approximate surface area is 111 Å². The Balaban J connectivity index is 2.30. The van der Waals surface area contributed by atoms with Gasteiger partial charge in [0, 0.05) is 16.6 Å². The molecule has 2 rings (SSSR count). The highest BCUT2D eigenvalue weighted by Crippen LogP contribution is 2.28. The van der Waals surface area contributed by atoms with Crippen molar-refractivity contribution in [3.63, 3.8) is 0 Å². The number of halogens is 3. The second-order valence-electron chi connectivity index (χ2n) is 4.14. The number of sulfonamides is 1. The summed E-state index contributed by atoms with van der Waals surface area (Å²) in [5, 5.41) is 9.06. The van der Waals surface area contributed by atoms with Gasteiger partial charge in [0.05, 0.1) is 6.10 Å². The van der Waals surface area contributed by atoms with Crippen LogP contribution in [0.15, 0.2) is 21.5 Å². The average molecular weight is 342 g/mol. The molecular formula is C10H10BrF2NO3S. The summed E-state index contributed by atoms with van der Waals surface area (Å²) in [5.41, 5.74) is 0. The van der Waals surface area contributed by atoms with Crippen LogP contribution in [0.2, 0.25) is 0 Å². The number of aliphatic hydroxyl groups is 1. The standard InChI is InChI=1S/C10H10BrF2NO3S/c11-8-1-5(12)2-9(13)10(8)18(16,17)14-6-3-7(15)4-6/h1-2,6-7,14-15H,3-4H2. The van der Waals surface area contributed by atoms with E-state index in [1.165, 1.54) is 0 Å². The first-order chi connectivity index (χ1) is 8.29. The van der Waals surface area contributed by atoms with Gasteiger partial charge in [0.25, 0.3) is 0 Å². The van der Waals surface area contributed by atoms with Crippen LogP contribution in [-0.4, -0.2) is 25.7 Å². The fraction of sp³-hybridized carbons (Fsp3) is 0.400. The van der Waals surface area contributed by atoms with Gasteiger partial charge < -0.3 is 5.11 Å². The topological polar surface area (TPSA) is 66.4 Å². The van der Waals surface area contributed by atoms with Crippen LogP contribution >= 0.6 is 15.9 Å². The fourth-order valence-electron chi connectivity index (χ4n) is 1.75. The van der Waals surface area contributed by atoms with Gasteiger partial charge in [-0.05, 0) is 34.8 Å². The first kappa shape index (κ1) is 13.9. The third-order valence-corrected chi connectivity index (χ3v) is 5.15. The number of benzene rings is 1. The third-order valence-electron chi connectivity index (χ3n) is 2.67. The second-order valence-corrected chi connectivity index (χ2v) is 6.65. The van der Waals surface area contributed by atoms with E-state index in [0.29, 0.717) is 18.9 Å². The molecule has 1 aliphatic rings. The second kappa shape index (κ2) is 4.84. The molecular weight excluding hydrogens is 332 g/mol. The average Bonchev–Trinajstić information content (AvgIpc) is 2.11. The maximum Gasteiger partial charge on any atom is 0.244 e. The summed E-state index contributed by atoms with van der Waals surface area (Å²) >= 11 is 2.83. The third kappa shape index (κ3) is 2.71. The summed E-state index contributed by atoms with van der Waals surface area (Å²) < 4.78 is 52.3. The van der Waals surface area contributed by atoms with Crippen LogP contribution in [0.5, 0.6) is 0 Å². The minimum absolute atomic E-state index is 0.174. The molecule has 1 saturated carbocycles. The van der Waals surface area contributed by atoms with E-state index in [1.54, 1.807) is 0 Å². The largest absolute Gasteiger partial charge is 0.393 e. The van der Waals surface area contributed by atoms with Gasteiger partial charge in [-0.2, -0.15) is 0 Å². The minimum Gasteiger partial charge on any atom is -0.393 e. The molecule has 1 aromatic carbocycles. The summed E-state index contributed by atoms with van der Waals surface area (Å²) in [4.78, 5) is -0.620. The molecule has 0 heterocycles. The molecule has 0 atom stereocenters. The van der Waals surface area contributed by atoms with Crippen molar-refractivity contribution in [1.82, 2.24) is 4.72 Å². The van der Waals surface area contributed by atoms with Gasteiger partial charge in [-0.3, -0.25) is 0 Å². The van der Waals surface area contributed by atoms with Crippen molar-refractivity contribution >= 4 is 26.0 Å². The van der Waals surface area contributed by atoms with Crippen molar-refractivity contribution in [1.29, 1.82) is 0 Å². The minimum atomic E-state index is -4.07. The van der Waals surface area contributed by atoms with E-state index in [2.05, 4.69) is 20.7 Å². The fourth-order valence-corrected chi connectivity index (χ4v) is 4.18. The molecule has 1 fully saturated rings. The quantitative estimate of drug-likeness (QED) is 0.876. The van der Waals surface area contributed by atoms with Gasteiger partial charge in [-0.1, -0.05) is 0 Å². The molecule has 18 heavy (non-hydrogen) atoms. The first-order valence-electron chi connectivity index (χ1n) is 5.14. The van der Waals surface area contributed by atoms with Crippen LogP contribution in [0.4, 0.5) is 8.78 Å². The maximum atomic E-state index is 13.5. The van der Waals surface area contributed by atoms with E-state index < -0.39 is 38.7 Å². The van der Waals surface area contributed by atoms with Gasteiger partial charge in [-0.25, -0.2) is 21.9 Å². The Hall–Kier alpha value is -0.570. The number of hydrogen-bond donors (Lipinski definition) is 2. The van der Waals surface area contributed by atoms with Crippen molar-refractivity contribution in [2.24, 2.45) is 0 Å². The molecule has 0 amide bonds. The highest BCUT2D eigenvalue weighted by atomic mass is 79.9. The number of nitrogens with one attached hydrogen (secondary N) is 1. The number of aliphatic hydroxyl groups excluding tert-OH is 1. The molecule has 1 aromatic rings. The van der Waals surface area contributed by atoms with Crippen LogP contribution in [0.25, 0.3) is 0 Å². The van der Waals surface area contributed by atoms with Crippen LogP contribution in [0.1, 0.15) is 12.8 Å². The lowest BCUT2D eigenvalue weighted by Crippen LogP contribution is -2.46. The predicted molar refractivity (Wildman–Crippen MR) is 63.4 cm³/mol. The number of hydrogen-bond acceptors (Lipinski definition) is 3. The van der Waals surface area contributed by atoms with Crippen molar-refractivity contribution in [3.8, 4) is 0 Å². The summed E-state index contributed by atoms with van der Waals surface area (Å²) in [5.74, 6) is -2.02. The SMILES string of the molecule is O=S(=O)(NC1CC(O)C1)c1c(F)cc(F)cc1Br. The van der Waals surface area contributed by atoms with Gasteiger partial charge in [0.15, 0.2) is 0 Å². The summed E-state index contributed by atoms with van der Waals surface area (Å²) in [6.07, 6.45) is 0.0542. The lowest BCUT2D eigenvalue weighted by molar-refractivity contribution is 0.0712. The van der Waals surface area contributed by atoms with E-state index >= 15 is 0 Å².